The number of aromatic carboxylic acids is 2. The highest BCUT2D eigenvalue weighted by atomic mass is 16.4. The van der Waals surface area contributed by atoms with Crippen molar-refractivity contribution in [3.8, 4) is 12.3 Å². The van der Waals surface area contributed by atoms with E-state index in [0.29, 0.717) is 10.9 Å². The van der Waals surface area contributed by atoms with Crippen molar-refractivity contribution in [1.29, 1.82) is 0 Å². The standard InChI is InChI=1S/C14H8O4/c1-2-8-6-7-11(14(17)18)12-9(8)4-3-5-10(12)13(15)16/h1,3-7H,(H,15,16)(H,17,18). The summed E-state index contributed by atoms with van der Waals surface area (Å²) < 4.78 is 0. The summed E-state index contributed by atoms with van der Waals surface area (Å²) in [6, 6.07) is 7.34. The molecule has 2 N–H and O–H groups in total. The third kappa shape index (κ3) is 1.68. The van der Waals surface area contributed by atoms with Gasteiger partial charge in [-0.15, -0.1) is 6.42 Å². The molecule has 0 aromatic heterocycles. The molecule has 0 atom stereocenters. The second-order valence-electron chi connectivity index (χ2n) is 3.64. The largest absolute Gasteiger partial charge is 0.478 e. The molecule has 0 aliphatic heterocycles. The second-order valence-corrected chi connectivity index (χ2v) is 3.64. The Morgan fingerprint density at radius 1 is 1.00 bits per heavy atom. The fourth-order valence-electron chi connectivity index (χ4n) is 1.89. The van der Waals surface area contributed by atoms with Gasteiger partial charge in [-0.1, -0.05) is 18.1 Å². The Kier molecular flexibility index (Phi) is 2.74. The van der Waals surface area contributed by atoms with Crippen molar-refractivity contribution in [3.63, 3.8) is 0 Å². The Morgan fingerprint density at radius 3 is 2.17 bits per heavy atom. The van der Waals surface area contributed by atoms with E-state index in [2.05, 4.69) is 5.92 Å². The third-order valence-electron chi connectivity index (χ3n) is 2.66. The quantitative estimate of drug-likeness (QED) is 0.789. The molecule has 0 spiro atoms. The highest BCUT2D eigenvalue weighted by molar-refractivity contribution is 6.13. The summed E-state index contributed by atoms with van der Waals surface area (Å²) in [4.78, 5) is 22.3. The molecule has 0 saturated carbocycles. The molecule has 4 heteroatoms. The van der Waals surface area contributed by atoms with Gasteiger partial charge in [0.25, 0.3) is 0 Å². The molecule has 2 aromatic carbocycles. The smallest absolute Gasteiger partial charge is 0.336 e. The zero-order valence-electron chi connectivity index (χ0n) is 9.18. The summed E-state index contributed by atoms with van der Waals surface area (Å²) in [6.07, 6.45) is 5.32. The molecule has 0 amide bonds. The molecule has 0 unspecified atom stereocenters. The average molecular weight is 240 g/mol. The van der Waals surface area contributed by atoms with Crippen LogP contribution in [-0.4, -0.2) is 22.2 Å². The molecular weight excluding hydrogens is 232 g/mol. The molecule has 2 aromatic rings. The summed E-state index contributed by atoms with van der Waals surface area (Å²) in [7, 11) is 0. The van der Waals surface area contributed by atoms with Crippen LogP contribution in [0.2, 0.25) is 0 Å². The van der Waals surface area contributed by atoms with Crippen molar-refractivity contribution >= 4 is 22.7 Å². The van der Waals surface area contributed by atoms with Crippen LogP contribution >= 0.6 is 0 Å². The Bertz CT molecular complexity index is 687. The van der Waals surface area contributed by atoms with E-state index in [0.717, 1.165) is 0 Å². The summed E-state index contributed by atoms with van der Waals surface area (Å²) in [5, 5.41) is 18.8. The van der Waals surface area contributed by atoms with Gasteiger partial charge in [0, 0.05) is 10.9 Å². The minimum atomic E-state index is -1.18. The van der Waals surface area contributed by atoms with E-state index >= 15 is 0 Å². The maximum atomic E-state index is 11.1. The number of fused-ring (bicyclic) bond motifs is 1. The maximum absolute atomic E-state index is 11.1. The van der Waals surface area contributed by atoms with Crippen LogP contribution < -0.4 is 0 Å². The van der Waals surface area contributed by atoms with Crippen molar-refractivity contribution < 1.29 is 19.8 Å². The van der Waals surface area contributed by atoms with Crippen molar-refractivity contribution in [2.45, 2.75) is 0 Å². The normalized spacial score (nSPS) is 9.94. The number of carboxylic acids is 2. The fraction of sp³-hybridized carbons (Fsp3) is 0. The SMILES string of the molecule is C#Cc1ccc(C(=O)O)c2c(C(=O)O)cccc12. The summed E-state index contributed by atoms with van der Waals surface area (Å²) >= 11 is 0. The average Bonchev–Trinajstić information content (AvgIpc) is 2.36. The number of benzene rings is 2. The lowest BCUT2D eigenvalue weighted by Crippen LogP contribution is -2.04. The summed E-state index contributed by atoms with van der Waals surface area (Å²) in [5.74, 6) is 0.0502. The van der Waals surface area contributed by atoms with Gasteiger partial charge in [0.1, 0.15) is 0 Å². The molecule has 2 rings (SSSR count). The van der Waals surface area contributed by atoms with Crippen LogP contribution in [0, 0.1) is 12.3 Å². The highest BCUT2D eigenvalue weighted by Gasteiger charge is 2.17. The second kappa shape index (κ2) is 4.22. The lowest BCUT2D eigenvalue weighted by atomic mass is 9.95. The zero-order chi connectivity index (χ0) is 13.3. The van der Waals surface area contributed by atoms with Gasteiger partial charge in [-0.05, 0) is 23.6 Å². The Morgan fingerprint density at radius 2 is 1.61 bits per heavy atom. The van der Waals surface area contributed by atoms with Gasteiger partial charge in [-0.2, -0.15) is 0 Å². The van der Waals surface area contributed by atoms with E-state index in [9.17, 15) is 9.59 Å². The molecular formula is C14H8O4. The molecule has 0 radical (unpaired) electrons. The maximum Gasteiger partial charge on any atom is 0.336 e. The van der Waals surface area contributed by atoms with Gasteiger partial charge in [0.05, 0.1) is 11.1 Å². The van der Waals surface area contributed by atoms with Crippen LogP contribution in [0.4, 0.5) is 0 Å². The van der Waals surface area contributed by atoms with Gasteiger partial charge in [-0.25, -0.2) is 9.59 Å². The van der Waals surface area contributed by atoms with Crippen LogP contribution in [0.25, 0.3) is 10.8 Å². The van der Waals surface area contributed by atoms with E-state index in [1.807, 2.05) is 0 Å². The van der Waals surface area contributed by atoms with Crippen LogP contribution in [0.3, 0.4) is 0 Å². The van der Waals surface area contributed by atoms with E-state index in [-0.39, 0.29) is 16.5 Å². The van der Waals surface area contributed by atoms with Crippen molar-refractivity contribution in [1.82, 2.24) is 0 Å². The lowest BCUT2D eigenvalue weighted by Gasteiger charge is -2.08. The topological polar surface area (TPSA) is 74.6 Å². The molecule has 0 bridgehead atoms. The van der Waals surface area contributed by atoms with Gasteiger partial charge >= 0.3 is 11.9 Å². The minimum Gasteiger partial charge on any atom is -0.478 e. The molecule has 4 nitrogen and oxygen atoms in total. The Hall–Kier alpha value is -2.80. The molecule has 18 heavy (non-hydrogen) atoms. The van der Waals surface area contributed by atoms with Crippen molar-refractivity contribution in [3.05, 3.63) is 47.0 Å². The summed E-state index contributed by atoms with van der Waals surface area (Å²) in [5.41, 5.74) is 0.335. The predicted octanol–water partition coefficient (Wildman–Crippen LogP) is 2.22. The van der Waals surface area contributed by atoms with Crippen molar-refractivity contribution in [2.24, 2.45) is 0 Å². The van der Waals surface area contributed by atoms with E-state index in [1.165, 1.54) is 24.3 Å². The van der Waals surface area contributed by atoms with Gasteiger partial charge in [0.15, 0.2) is 0 Å². The van der Waals surface area contributed by atoms with Crippen LogP contribution in [0.15, 0.2) is 30.3 Å². The first kappa shape index (κ1) is 11.7. The molecule has 88 valence electrons. The molecule has 0 aliphatic rings. The van der Waals surface area contributed by atoms with E-state index in [1.54, 1.807) is 6.07 Å². The van der Waals surface area contributed by atoms with Gasteiger partial charge < -0.3 is 10.2 Å². The third-order valence-corrected chi connectivity index (χ3v) is 2.66. The first-order valence-electron chi connectivity index (χ1n) is 5.05. The van der Waals surface area contributed by atoms with Crippen LogP contribution in [-0.2, 0) is 0 Å². The number of hydrogen-bond donors (Lipinski definition) is 2. The molecule has 0 saturated heterocycles. The first-order chi connectivity index (χ1) is 8.56. The number of terminal acetylenes is 1. The number of carbonyl (C=O) groups is 2. The Labute approximate surface area is 102 Å². The zero-order valence-corrected chi connectivity index (χ0v) is 9.18. The van der Waals surface area contributed by atoms with Crippen LogP contribution in [0.1, 0.15) is 26.3 Å². The van der Waals surface area contributed by atoms with E-state index < -0.39 is 11.9 Å². The van der Waals surface area contributed by atoms with Gasteiger partial charge in [-0.3, -0.25) is 0 Å². The predicted molar refractivity (Wildman–Crippen MR) is 65.8 cm³/mol. The number of hydrogen-bond acceptors (Lipinski definition) is 2. The van der Waals surface area contributed by atoms with Gasteiger partial charge in [0.2, 0.25) is 0 Å². The van der Waals surface area contributed by atoms with E-state index in [4.69, 9.17) is 16.6 Å². The lowest BCUT2D eigenvalue weighted by molar-refractivity contribution is 0.0695. The van der Waals surface area contributed by atoms with Crippen LogP contribution in [0.5, 0.6) is 0 Å². The number of rotatable bonds is 2. The first-order valence-corrected chi connectivity index (χ1v) is 5.05. The molecule has 0 fully saturated rings. The fourth-order valence-corrected chi connectivity index (χ4v) is 1.89. The molecule has 0 heterocycles. The highest BCUT2D eigenvalue weighted by Crippen LogP contribution is 2.26. The summed E-state index contributed by atoms with van der Waals surface area (Å²) in [6.45, 7) is 0. The monoisotopic (exact) mass is 240 g/mol. The molecule has 0 aliphatic carbocycles. The minimum absolute atomic E-state index is 0.0676. The Balaban J connectivity index is 3.02. The number of carboxylic acid groups (broad SMARTS) is 2. The van der Waals surface area contributed by atoms with Crippen molar-refractivity contribution in [2.75, 3.05) is 0 Å².